The minimum Gasteiger partial charge on any atom is -0.393 e. The molecule has 0 aromatic heterocycles. The van der Waals surface area contributed by atoms with Gasteiger partial charge in [-0.25, -0.2) is 0 Å². The maximum atomic E-state index is 8.90. The van der Waals surface area contributed by atoms with Gasteiger partial charge in [-0.15, -0.1) is 0 Å². The molecule has 2 nitrogen and oxygen atoms in total. The standard InChI is InChI=1S/C8H18O2/c1-7(9)5-4-6-8(2)10-3/h7-9H,4-6H2,1-3H3. The molecule has 1 N–H and O–H groups in total. The van der Waals surface area contributed by atoms with Crippen LogP contribution >= 0.6 is 0 Å². The quantitative estimate of drug-likeness (QED) is 0.638. The van der Waals surface area contributed by atoms with Crippen LogP contribution in [0.4, 0.5) is 0 Å². The Kier molecular flexibility index (Phi) is 5.64. The summed E-state index contributed by atoms with van der Waals surface area (Å²) < 4.78 is 5.05. The molecule has 0 bridgehead atoms. The Morgan fingerprint density at radius 2 is 1.90 bits per heavy atom. The van der Waals surface area contributed by atoms with Crippen molar-refractivity contribution in [2.75, 3.05) is 7.11 Å². The average molecular weight is 146 g/mol. The van der Waals surface area contributed by atoms with E-state index in [1.165, 1.54) is 0 Å². The molecule has 0 radical (unpaired) electrons. The molecular formula is C8H18O2. The highest BCUT2D eigenvalue weighted by molar-refractivity contribution is 4.52. The van der Waals surface area contributed by atoms with Gasteiger partial charge in [-0.1, -0.05) is 0 Å². The highest BCUT2D eigenvalue weighted by atomic mass is 16.5. The van der Waals surface area contributed by atoms with Gasteiger partial charge in [0.05, 0.1) is 12.2 Å². The van der Waals surface area contributed by atoms with E-state index in [4.69, 9.17) is 9.84 Å². The van der Waals surface area contributed by atoms with E-state index in [0.717, 1.165) is 19.3 Å². The largest absolute Gasteiger partial charge is 0.393 e. The lowest BCUT2D eigenvalue weighted by molar-refractivity contribution is 0.102. The third-order valence-electron chi connectivity index (χ3n) is 1.63. The van der Waals surface area contributed by atoms with Gasteiger partial charge in [-0.2, -0.15) is 0 Å². The maximum Gasteiger partial charge on any atom is 0.0543 e. The molecule has 0 saturated heterocycles. The van der Waals surface area contributed by atoms with Gasteiger partial charge in [-0.05, 0) is 33.1 Å². The molecule has 0 rings (SSSR count). The molecule has 0 saturated carbocycles. The zero-order chi connectivity index (χ0) is 7.98. The van der Waals surface area contributed by atoms with Crippen LogP contribution in [0, 0.1) is 0 Å². The monoisotopic (exact) mass is 146 g/mol. The first kappa shape index (κ1) is 9.92. The fourth-order valence-electron chi connectivity index (χ4n) is 0.819. The molecule has 0 spiro atoms. The first-order chi connectivity index (χ1) is 4.66. The molecule has 2 atom stereocenters. The molecule has 0 heterocycles. The summed E-state index contributed by atoms with van der Waals surface area (Å²) in [6.45, 7) is 3.86. The third kappa shape index (κ3) is 6.05. The number of hydrogen-bond donors (Lipinski definition) is 1. The predicted molar refractivity (Wildman–Crippen MR) is 42.0 cm³/mol. The van der Waals surface area contributed by atoms with E-state index < -0.39 is 0 Å². The summed E-state index contributed by atoms with van der Waals surface area (Å²) in [5.41, 5.74) is 0. The highest BCUT2D eigenvalue weighted by Gasteiger charge is 2.00. The first-order valence-corrected chi connectivity index (χ1v) is 3.87. The summed E-state index contributed by atoms with van der Waals surface area (Å²) >= 11 is 0. The van der Waals surface area contributed by atoms with Crippen molar-refractivity contribution >= 4 is 0 Å². The van der Waals surface area contributed by atoms with Gasteiger partial charge in [0, 0.05) is 7.11 Å². The smallest absolute Gasteiger partial charge is 0.0543 e. The highest BCUT2D eigenvalue weighted by Crippen LogP contribution is 2.04. The van der Waals surface area contributed by atoms with E-state index in [9.17, 15) is 0 Å². The van der Waals surface area contributed by atoms with Crippen molar-refractivity contribution in [1.82, 2.24) is 0 Å². The molecule has 0 aromatic carbocycles. The lowest BCUT2D eigenvalue weighted by atomic mass is 10.1. The summed E-state index contributed by atoms with van der Waals surface area (Å²) in [6, 6.07) is 0. The van der Waals surface area contributed by atoms with Gasteiger partial charge < -0.3 is 9.84 Å². The Hall–Kier alpha value is -0.0800. The Labute approximate surface area is 63.2 Å². The van der Waals surface area contributed by atoms with Crippen LogP contribution in [0.15, 0.2) is 0 Å². The molecule has 0 aromatic rings. The fraction of sp³-hybridized carbons (Fsp3) is 1.00. The zero-order valence-electron chi connectivity index (χ0n) is 7.13. The summed E-state index contributed by atoms with van der Waals surface area (Å²) in [5, 5.41) is 8.90. The molecule has 2 heteroatoms. The van der Waals surface area contributed by atoms with Gasteiger partial charge in [0.1, 0.15) is 0 Å². The molecule has 2 unspecified atom stereocenters. The van der Waals surface area contributed by atoms with Crippen LogP contribution in [0.1, 0.15) is 33.1 Å². The Balaban J connectivity index is 3.03. The zero-order valence-corrected chi connectivity index (χ0v) is 7.13. The number of aliphatic hydroxyl groups is 1. The van der Waals surface area contributed by atoms with Crippen LogP contribution in [0.2, 0.25) is 0 Å². The van der Waals surface area contributed by atoms with Crippen LogP contribution < -0.4 is 0 Å². The number of aliphatic hydroxyl groups excluding tert-OH is 1. The van der Waals surface area contributed by atoms with Crippen molar-refractivity contribution in [2.45, 2.75) is 45.3 Å². The van der Waals surface area contributed by atoms with Gasteiger partial charge in [0.15, 0.2) is 0 Å². The third-order valence-corrected chi connectivity index (χ3v) is 1.63. The van der Waals surface area contributed by atoms with Crippen LogP contribution in [0.5, 0.6) is 0 Å². The fourth-order valence-corrected chi connectivity index (χ4v) is 0.819. The lowest BCUT2D eigenvalue weighted by Gasteiger charge is -2.09. The minimum atomic E-state index is -0.163. The molecular weight excluding hydrogens is 128 g/mol. The van der Waals surface area contributed by atoms with Crippen molar-refractivity contribution in [2.24, 2.45) is 0 Å². The van der Waals surface area contributed by atoms with E-state index in [0.29, 0.717) is 6.10 Å². The topological polar surface area (TPSA) is 29.5 Å². The van der Waals surface area contributed by atoms with Crippen LogP contribution in [-0.2, 0) is 4.74 Å². The minimum absolute atomic E-state index is 0.163. The molecule has 0 aliphatic rings. The van der Waals surface area contributed by atoms with Crippen molar-refractivity contribution in [3.8, 4) is 0 Å². The van der Waals surface area contributed by atoms with E-state index in [1.54, 1.807) is 7.11 Å². The van der Waals surface area contributed by atoms with Crippen LogP contribution in [0.3, 0.4) is 0 Å². The number of hydrogen-bond acceptors (Lipinski definition) is 2. The Bertz CT molecular complexity index is 71.7. The van der Waals surface area contributed by atoms with Crippen molar-refractivity contribution in [3.63, 3.8) is 0 Å². The molecule has 62 valence electrons. The Morgan fingerprint density at radius 1 is 1.30 bits per heavy atom. The van der Waals surface area contributed by atoms with E-state index in [2.05, 4.69) is 0 Å². The van der Waals surface area contributed by atoms with Gasteiger partial charge in [-0.3, -0.25) is 0 Å². The SMILES string of the molecule is COC(C)CCCC(C)O. The van der Waals surface area contributed by atoms with E-state index in [1.807, 2.05) is 13.8 Å². The van der Waals surface area contributed by atoms with Gasteiger partial charge in [0.2, 0.25) is 0 Å². The van der Waals surface area contributed by atoms with Crippen molar-refractivity contribution in [3.05, 3.63) is 0 Å². The summed E-state index contributed by atoms with van der Waals surface area (Å²) in [7, 11) is 1.72. The van der Waals surface area contributed by atoms with Crippen LogP contribution in [-0.4, -0.2) is 24.4 Å². The summed E-state index contributed by atoms with van der Waals surface area (Å²) in [5.74, 6) is 0. The lowest BCUT2D eigenvalue weighted by Crippen LogP contribution is -2.06. The molecule has 10 heavy (non-hydrogen) atoms. The van der Waals surface area contributed by atoms with E-state index >= 15 is 0 Å². The second kappa shape index (κ2) is 5.69. The second-order valence-electron chi connectivity index (χ2n) is 2.83. The number of ether oxygens (including phenoxy) is 1. The van der Waals surface area contributed by atoms with Crippen molar-refractivity contribution < 1.29 is 9.84 Å². The normalized spacial score (nSPS) is 16.8. The average Bonchev–Trinajstić information content (AvgIpc) is 1.87. The first-order valence-electron chi connectivity index (χ1n) is 3.87. The summed E-state index contributed by atoms with van der Waals surface area (Å²) in [4.78, 5) is 0. The molecule has 0 amide bonds. The number of rotatable bonds is 5. The van der Waals surface area contributed by atoms with Crippen LogP contribution in [0.25, 0.3) is 0 Å². The van der Waals surface area contributed by atoms with Gasteiger partial charge in [0.25, 0.3) is 0 Å². The second-order valence-corrected chi connectivity index (χ2v) is 2.83. The van der Waals surface area contributed by atoms with E-state index in [-0.39, 0.29) is 6.10 Å². The predicted octanol–water partition coefficient (Wildman–Crippen LogP) is 1.57. The molecule has 0 aliphatic heterocycles. The van der Waals surface area contributed by atoms with Crippen molar-refractivity contribution in [1.29, 1.82) is 0 Å². The molecule has 0 aliphatic carbocycles. The number of methoxy groups -OCH3 is 1. The summed E-state index contributed by atoms with van der Waals surface area (Å²) in [6.07, 6.45) is 3.14. The molecule has 0 fully saturated rings. The van der Waals surface area contributed by atoms with Gasteiger partial charge >= 0.3 is 0 Å². The maximum absolute atomic E-state index is 8.90. The Morgan fingerprint density at radius 3 is 2.30 bits per heavy atom.